The Bertz CT molecular complexity index is 3320. The molecular formula is C54H30. The van der Waals surface area contributed by atoms with Crippen LogP contribution in [-0.2, 0) is 0 Å². The molecule has 12 aromatic carbocycles. The predicted octanol–water partition coefficient (Wildman–Crippen LogP) is 15.3. The zero-order valence-electron chi connectivity index (χ0n) is 29.3. The van der Waals surface area contributed by atoms with Crippen LogP contribution in [0.3, 0.4) is 0 Å². The highest BCUT2D eigenvalue weighted by Crippen LogP contribution is 2.50. The van der Waals surface area contributed by atoms with Gasteiger partial charge < -0.3 is 0 Å². The molecule has 12 aromatic rings. The van der Waals surface area contributed by atoms with Gasteiger partial charge in [-0.25, -0.2) is 0 Å². The van der Waals surface area contributed by atoms with E-state index >= 15 is 0 Å². The summed E-state index contributed by atoms with van der Waals surface area (Å²) in [6.07, 6.45) is 0. The fourth-order valence-electron chi connectivity index (χ4n) is 10.1. The monoisotopic (exact) mass is 678 g/mol. The van der Waals surface area contributed by atoms with Crippen LogP contribution in [0.5, 0.6) is 0 Å². The van der Waals surface area contributed by atoms with Crippen LogP contribution in [0.2, 0.25) is 0 Å². The summed E-state index contributed by atoms with van der Waals surface area (Å²) in [6.45, 7) is 0. The van der Waals surface area contributed by atoms with Gasteiger partial charge in [-0.15, -0.1) is 0 Å². The lowest BCUT2D eigenvalue weighted by Gasteiger charge is -2.18. The minimum atomic E-state index is 1.23. The standard InChI is InChI=1S/C54H30/c1-2-11-44-43(10-1)46-13-5-12-45-42(26-27-49(44)54(45)46)39-29-37(40-22-18-35-16-14-31-6-3-8-33-20-24-47(40)52(35)50(31)33)28-38(30-39)41-23-19-36-17-15-32-7-4-9-34-21-25-48(41)53(36)51(32)34/h1-30H. The lowest BCUT2D eigenvalue weighted by molar-refractivity contribution is 1.61. The van der Waals surface area contributed by atoms with Gasteiger partial charge in [0, 0.05) is 0 Å². The Labute approximate surface area is 311 Å². The predicted molar refractivity (Wildman–Crippen MR) is 232 cm³/mol. The normalized spacial score (nSPS) is 12.4. The maximum Gasteiger partial charge on any atom is -0.00201 e. The smallest absolute Gasteiger partial charge is 0.00201 e. The molecule has 0 N–H and O–H groups in total. The first-order valence-electron chi connectivity index (χ1n) is 18.9. The first kappa shape index (κ1) is 28.6. The molecule has 13 rings (SSSR count). The van der Waals surface area contributed by atoms with Crippen molar-refractivity contribution in [1.82, 2.24) is 0 Å². The number of hydrogen-bond donors (Lipinski definition) is 0. The number of fused-ring (bicyclic) bond motifs is 3. The van der Waals surface area contributed by atoms with Gasteiger partial charge in [-0.1, -0.05) is 164 Å². The fourth-order valence-corrected chi connectivity index (χ4v) is 10.1. The second kappa shape index (κ2) is 10.3. The van der Waals surface area contributed by atoms with E-state index in [0.29, 0.717) is 0 Å². The molecular weight excluding hydrogens is 649 g/mol. The van der Waals surface area contributed by atoms with Crippen LogP contribution >= 0.6 is 0 Å². The SMILES string of the molecule is c1ccc2c(c1)-c1cccc3c(-c4cc(-c5ccc6ccc7cccc8ccc5c6c78)cc(-c5ccc6ccc7cccc8ccc5c6c78)c4)ccc-2c13. The molecule has 0 amide bonds. The Balaban J connectivity index is 1.13. The Morgan fingerprint density at radius 3 is 1.02 bits per heavy atom. The number of rotatable bonds is 3. The second-order valence-corrected chi connectivity index (χ2v) is 15.2. The molecule has 0 bridgehead atoms. The summed E-state index contributed by atoms with van der Waals surface area (Å²) in [5.74, 6) is 0. The summed E-state index contributed by atoms with van der Waals surface area (Å²) in [6, 6.07) is 68.8. The largest absolute Gasteiger partial charge is 0.0616 e. The Kier molecular flexibility index (Phi) is 5.45. The van der Waals surface area contributed by atoms with Crippen molar-refractivity contribution >= 4 is 75.4 Å². The topological polar surface area (TPSA) is 0 Å². The van der Waals surface area contributed by atoms with E-state index in [1.807, 2.05) is 0 Å². The van der Waals surface area contributed by atoms with Crippen LogP contribution in [0, 0.1) is 0 Å². The van der Waals surface area contributed by atoms with Gasteiger partial charge in [0.25, 0.3) is 0 Å². The molecule has 246 valence electrons. The summed E-state index contributed by atoms with van der Waals surface area (Å²) in [5.41, 5.74) is 12.8. The third-order valence-corrected chi connectivity index (χ3v) is 12.5. The van der Waals surface area contributed by atoms with E-state index in [9.17, 15) is 0 Å². The maximum atomic E-state index is 2.44. The van der Waals surface area contributed by atoms with Crippen LogP contribution in [0.1, 0.15) is 0 Å². The molecule has 0 aromatic heterocycles. The van der Waals surface area contributed by atoms with E-state index in [2.05, 4.69) is 182 Å². The van der Waals surface area contributed by atoms with Crippen molar-refractivity contribution in [2.45, 2.75) is 0 Å². The van der Waals surface area contributed by atoms with Gasteiger partial charge in [0.1, 0.15) is 0 Å². The first-order chi connectivity index (χ1) is 26.8. The summed E-state index contributed by atoms with van der Waals surface area (Å²) >= 11 is 0. The van der Waals surface area contributed by atoms with Crippen LogP contribution in [-0.4, -0.2) is 0 Å². The van der Waals surface area contributed by atoms with Crippen LogP contribution in [0.4, 0.5) is 0 Å². The third-order valence-electron chi connectivity index (χ3n) is 12.5. The van der Waals surface area contributed by atoms with Crippen LogP contribution < -0.4 is 0 Å². The van der Waals surface area contributed by atoms with Gasteiger partial charge in [0.05, 0.1) is 0 Å². The van der Waals surface area contributed by atoms with Gasteiger partial charge in [0.2, 0.25) is 0 Å². The van der Waals surface area contributed by atoms with Crippen molar-refractivity contribution in [3.05, 3.63) is 182 Å². The van der Waals surface area contributed by atoms with Gasteiger partial charge in [-0.2, -0.15) is 0 Å². The zero-order valence-corrected chi connectivity index (χ0v) is 29.3. The highest BCUT2D eigenvalue weighted by Gasteiger charge is 2.23. The highest BCUT2D eigenvalue weighted by atomic mass is 14.3. The molecule has 0 saturated heterocycles. The number of benzene rings is 12. The zero-order chi connectivity index (χ0) is 35.1. The summed E-state index contributed by atoms with van der Waals surface area (Å²) in [4.78, 5) is 0. The molecule has 0 spiro atoms. The molecule has 0 saturated carbocycles. The van der Waals surface area contributed by atoms with Crippen molar-refractivity contribution in [2.24, 2.45) is 0 Å². The maximum absolute atomic E-state index is 2.44. The summed E-state index contributed by atoms with van der Waals surface area (Å²) in [7, 11) is 0. The number of hydrogen-bond acceptors (Lipinski definition) is 0. The van der Waals surface area contributed by atoms with Crippen molar-refractivity contribution < 1.29 is 0 Å². The molecule has 1 aliphatic rings. The average Bonchev–Trinajstić information content (AvgIpc) is 3.56. The van der Waals surface area contributed by atoms with E-state index in [4.69, 9.17) is 0 Å². The molecule has 0 fully saturated rings. The molecule has 0 nitrogen and oxygen atoms in total. The molecule has 0 radical (unpaired) electrons. The minimum absolute atomic E-state index is 1.23. The van der Waals surface area contributed by atoms with Crippen LogP contribution in [0.25, 0.3) is 131 Å². The van der Waals surface area contributed by atoms with Crippen molar-refractivity contribution in [2.75, 3.05) is 0 Å². The second-order valence-electron chi connectivity index (χ2n) is 15.2. The molecule has 0 heteroatoms. The van der Waals surface area contributed by atoms with Gasteiger partial charge in [0.15, 0.2) is 0 Å². The molecule has 54 heavy (non-hydrogen) atoms. The Morgan fingerprint density at radius 1 is 0.185 bits per heavy atom. The van der Waals surface area contributed by atoms with Crippen LogP contribution in [0.15, 0.2) is 182 Å². The lowest BCUT2D eigenvalue weighted by atomic mass is 9.85. The van der Waals surface area contributed by atoms with E-state index in [1.165, 1.54) is 131 Å². The van der Waals surface area contributed by atoms with E-state index in [1.54, 1.807) is 0 Å². The highest BCUT2D eigenvalue weighted by molar-refractivity contribution is 6.27. The van der Waals surface area contributed by atoms with Gasteiger partial charge >= 0.3 is 0 Å². The van der Waals surface area contributed by atoms with Crippen molar-refractivity contribution in [3.63, 3.8) is 0 Å². The van der Waals surface area contributed by atoms with E-state index in [0.717, 1.165) is 0 Å². The van der Waals surface area contributed by atoms with E-state index < -0.39 is 0 Å². The molecule has 0 unspecified atom stereocenters. The molecule has 1 aliphatic carbocycles. The van der Waals surface area contributed by atoms with Crippen molar-refractivity contribution in [3.8, 4) is 55.6 Å². The Morgan fingerprint density at radius 2 is 0.519 bits per heavy atom. The van der Waals surface area contributed by atoms with Gasteiger partial charge in [-0.3, -0.25) is 0 Å². The molecule has 0 heterocycles. The van der Waals surface area contributed by atoms with E-state index in [-0.39, 0.29) is 0 Å². The quantitative estimate of drug-likeness (QED) is 0.163. The Hall–Kier alpha value is -7.02. The first-order valence-corrected chi connectivity index (χ1v) is 18.9. The lowest BCUT2D eigenvalue weighted by Crippen LogP contribution is -1.91. The van der Waals surface area contributed by atoms with Crippen molar-refractivity contribution in [1.29, 1.82) is 0 Å². The fraction of sp³-hybridized carbons (Fsp3) is 0. The minimum Gasteiger partial charge on any atom is -0.0616 e. The third kappa shape index (κ3) is 3.72. The van der Waals surface area contributed by atoms with Gasteiger partial charge in [-0.05, 0) is 149 Å². The average molecular weight is 679 g/mol. The summed E-state index contributed by atoms with van der Waals surface area (Å²) in [5, 5.41) is 18.4. The molecule has 0 aliphatic heterocycles. The summed E-state index contributed by atoms with van der Waals surface area (Å²) < 4.78 is 0. The molecule has 0 atom stereocenters.